The summed E-state index contributed by atoms with van der Waals surface area (Å²) >= 11 is 6.99. The van der Waals surface area contributed by atoms with Gasteiger partial charge in [-0.15, -0.1) is 11.3 Å². The Morgan fingerprint density at radius 2 is 2.24 bits per heavy atom. The Morgan fingerprint density at radius 1 is 1.41 bits per heavy atom. The van der Waals surface area contributed by atoms with E-state index in [1.54, 1.807) is 11.3 Å². The lowest BCUT2D eigenvalue weighted by atomic mass is 9.96. The second kappa shape index (κ2) is 6.91. The minimum absolute atomic E-state index is 0.587. The van der Waals surface area contributed by atoms with Crippen LogP contribution in [0.1, 0.15) is 37.1 Å². The molecule has 0 bridgehead atoms. The first-order chi connectivity index (χ1) is 8.34. The molecule has 1 aliphatic rings. The summed E-state index contributed by atoms with van der Waals surface area (Å²) in [6.45, 7) is 0.867. The summed E-state index contributed by atoms with van der Waals surface area (Å²) in [4.78, 5) is 4.24. The first-order valence-corrected chi connectivity index (χ1v) is 7.56. The summed E-state index contributed by atoms with van der Waals surface area (Å²) in [7, 11) is 0. The van der Waals surface area contributed by atoms with Crippen LogP contribution < -0.4 is 10.6 Å². The molecule has 5 heteroatoms. The maximum atomic E-state index is 5.29. The predicted molar refractivity (Wildman–Crippen MR) is 76.4 cm³/mol. The summed E-state index contributed by atoms with van der Waals surface area (Å²) < 4.78 is 0. The van der Waals surface area contributed by atoms with Gasteiger partial charge in [0.2, 0.25) is 0 Å². The highest BCUT2D eigenvalue weighted by Gasteiger charge is 2.13. The van der Waals surface area contributed by atoms with Gasteiger partial charge in [0.05, 0.1) is 5.01 Å². The lowest BCUT2D eigenvalue weighted by molar-refractivity contribution is 0.412. The Bertz CT molecular complexity index is 332. The number of nitrogens with one attached hydrogen (secondary N) is 2. The minimum atomic E-state index is 0.587. The summed E-state index contributed by atoms with van der Waals surface area (Å²) in [6, 6.07) is 0.587. The number of thiazole rings is 1. The summed E-state index contributed by atoms with van der Waals surface area (Å²) in [5, 5.41) is 10.6. The Labute approximate surface area is 112 Å². The van der Waals surface area contributed by atoms with E-state index in [4.69, 9.17) is 12.2 Å². The first-order valence-electron chi connectivity index (χ1n) is 6.27. The van der Waals surface area contributed by atoms with Crippen LogP contribution in [0.2, 0.25) is 0 Å². The zero-order valence-corrected chi connectivity index (χ0v) is 11.6. The molecule has 0 amide bonds. The molecule has 0 unspecified atom stereocenters. The van der Waals surface area contributed by atoms with Crippen molar-refractivity contribution in [3.63, 3.8) is 0 Å². The fourth-order valence-corrected chi connectivity index (χ4v) is 3.03. The summed E-state index contributed by atoms with van der Waals surface area (Å²) in [6.07, 6.45) is 9.35. The van der Waals surface area contributed by atoms with E-state index in [0.717, 1.165) is 23.1 Å². The third-order valence-corrected chi connectivity index (χ3v) is 4.15. The van der Waals surface area contributed by atoms with E-state index < -0.39 is 0 Å². The molecule has 1 aromatic rings. The SMILES string of the molecule is S=C(NCCc1nccs1)NC1CCCCC1. The highest BCUT2D eigenvalue weighted by Crippen LogP contribution is 2.17. The van der Waals surface area contributed by atoms with Gasteiger partial charge in [0.25, 0.3) is 0 Å². The number of aromatic nitrogens is 1. The molecule has 1 aromatic heterocycles. The standard InChI is InChI=1S/C12H19N3S2/c16-12(15-10-4-2-1-3-5-10)14-7-6-11-13-8-9-17-11/h8-10H,1-7H2,(H2,14,15,16). The van der Waals surface area contributed by atoms with Gasteiger partial charge in [0.15, 0.2) is 5.11 Å². The quantitative estimate of drug-likeness (QED) is 0.824. The monoisotopic (exact) mass is 269 g/mol. The van der Waals surface area contributed by atoms with Crippen LogP contribution in [0.4, 0.5) is 0 Å². The average molecular weight is 269 g/mol. The fraction of sp³-hybridized carbons (Fsp3) is 0.667. The first kappa shape index (κ1) is 12.8. The van der Waals surface area contributed by atoms with Crippen LogP contribution in [0.15, 0.2) is 11.6 Å². The Hall–Kier alpha value is -0.680. The molecule has 17 heavy (non-hydrogen) atoms. The van der Waals surface area contributed by atoms with Crippen LogP contribution in [0.3, 0.4) is 0 Å². The molecule has 1 heterocycles. The lowest BCUT2D eigenvalue weighted by Crippen LogP contribution is -2.43. The molecule has 94 valence electrons. The largest absolute Gasteiger partial charge is 0.362 e. The van der Waals surface area contributed by atoms with Crippen LogP contribution in [0.5, 0.6) is 0 Å². The van der Waals surface area contributed by atoms with Gasteiger partial charge in [-0.2, -0.15) is 0 Å². The van der Waals surface area contributed by atoms with Crippen molar-refractivity contribution in [1.29, 1.82) is 0 Å². The van der Waals surface area contributed by atoms with Crippen LogP contribution in [-0.4, -0.2) is 22.7 Å². The van der Waals surface area contributed by atoms with Gasteiger partial charge in [-0.1, -0.05) is 19.3 Å². The maximum absolute atomic E-state index is 5.29. The van der Waals surface area contributed by atoms with Crippen molar-refractivity contribution in [3.8, 4) is 0 Å². The average Bonchev–Trinajstić information content (AvgIpc) is 2.83. The summed E-state index contributed by atoms with van der Waals surface area (Å²) in [5.74, 6) is 0. The Kier molecular flexibility index (Phi) is 5.19. The molecule has 0 aliphatic heterocycles. The second-order valence-electron chi connectivity index (χ2n) is 4.41. The number of thiocarbonyl (C=S) groups is 1. The van der Waals surface area contributed by atoms with E-state index in [2.05, 4.69) is 15.6 Å². The molecule has 3 nitrogen and oxygen atoms in total. The van der Waals surface area contributed by atoms with Crippen molar-refractivity contribution in [2.75, 3.05) is 6.54 Å². The molecule has 0 atom stereocenters. The fourth-order valence-electron chi connectivity index (χ4n) is 2.14. The van der Waals surface area contributed by atoms with E-state index in [1.807, 2.05) is 11.6 Å². The molecular weight excluding hydrogens is 250 g/mol. The molecule has 2 rings (SSSR count). The van der Waals surface area contributed by atoms with Crippen LogP contribution in [0.25, 0.3) is 0 Å². The smallest absolute Gasteiger partial charge is 0.166 e. The summed E-state index contributed by atoms with van der Waals surface area (Å²) in [5.41, 5.74) is 0. The zero-order chi connectivity index (χ0) is 11.9. The van der Waals surface area contributed by atoms with Crippen molar-refractivity contribution in [2.45, 2.75) is 44.6 Å². The van der Waals surface area contributed by atoms with Gasteiger partial charge in [-0.3, -0.25) is 0 Å². The van der Waals surface area contributed by atoms with Crippen LogP contribution in [-0.2, 0) is 6.42 Å². The van der Waals surface area contributed by atoms with Crippen molar-refractivity contribution in [2.24, 2.45) is 0 Å². The van der Waals surface area contributed by atoms with E-state index in [1.165, 1.54) is 32.1 Å². The number of hydrogen-bond donors (Lipinski definition) is 2. The van der Waals surface area contributed by atoms with Gasteiger partial charge in [0.1, 0.15) is 0 Å². The van der Waals surface area contributed by atoms with Gasteiger partial charge in [-0.05, 0) is 25.1 Å². The van der Waals surface area contributed by atoms with E-state index in [-0.39, 0.29) is 0 Å². The van der Waals surface area contributed by atoms with Crippen LogP contribution in [0, 0.1) is 0 Å². The zero-order valence-electron chi connectivity index (χ0n) is 9.95. The van der Waals surface area contributed by atoms with Gasteiger partial charge < -0.3 is 10.6 Å². The van der Waals surface area contributed by atoms with Gasteiger partial charge >= 0.3 is 0 Å². The Morgan fingerprint density at radius 3 is 2.94 bits per heavy atom. The van der Waals surface area contributed by atoms with E-state index >= 15 is 0 Å². The molecule has 2 N–H and O–H groups in total. The molecule has 0 radical (unpaired) electrons. The third-order valence-electron chi connectivity index (χ3n) is 3.05. The molecule has 0 aromatic carbocycles. The molecule has 1 fully saturated rings. The lowest BCUT2D eigenvalue weighted by Gasteiger charge is -2.24. The number of hydrogen-bond acceptors (Lipinski definition) is 3. The number of rotatable bonds is 4. The second-order valence-corrected chi connectivity index (χ2v) is 5.80. The highest BCUT2D eigenvalue weighted by atomic mass is 32.1. The van der Waals surface area contributed by atoms with E-state index in [9.17, 15) is 0 Å². The molecule has 1 aliphatic carbocycles. The highest BCUT2D eigenvalue weighted by molar-refractivity contribution is 7.80. The van der Waals surface area contributed by atoms with Crippen molar-refractivity contribution < 1.29 is 0 Å². The minimum Gasteiger partial charge on any atom is -0.362 e. The predicted octanol–water partition coefficient (Wildman–Crippen LogP) is 2.48. The van der Waals surface area contributed by atoms with Crippen molar-refractivity contribution in [1.82, 2.24) is 15.6 Å². The molecular formula is C12H19N3S2. The maximum Gasteiger partial charge on any atom is 0.166 e. The van der Waals surface area contributed by atoms with E-state index in [0.29, 0.717) is 6.04 Å². The normalized spacial score (nSPS) is 16.7. The van der Waals surface area contributed by atoms with Gasteiger partial charge in [-0.25, -0.2) is 4.98 Å². The molecule has 1 saturated carbocycles. The molecule has 0 saturated heterocycles. The van der Waals surface area contributed by atoms with Gasteiger partial charge in [0, 0.05) is 30.6 Å². The Balaban J connectivity index is 1.60. The third kappa shape index (κ3) is 4.60. The number of nitrogens with zero attached hydrogens (tertiary/aromatic N) is 1. The van der Waals surface area contributed by atoms with Crippen molar-refractivity contribution in [3.05, 3.63) is 16.6 Å². The van der Waals surface area contributed by atoms with Crippen LogP contribution >= 0.6 is 23.6 Å². The topological polar surface area (TPSA) is 37.0 Å². The van der Waals surface area contributed by atoms with Crippen molar-refractivity contribution >= 4 is 28.7 Å². The molecule has 0 spiro atoms.